The lowest BCUT2D eigenvalue weighted by atomic mass is 9.54. The number of hydrogen-bond donors (Lipinski definition) is 2. The Balaban J connectivity index is 0.00000161. The van der Waals surface area contributed by atoms with Crippen LogP contribution in [0.3, 0.4) is 0 Å². The zero-order valence-corrected chi connectivity index (χ0v) is 15.4. The molecule has 3 aliphatic rings. The van der Waals surface area contributed by atoms with Crippen molar-refractivity contribution in [1.29, 1.82) is 0 Å². The van der Waals surface area contributed by atoms with E-state index < -0.39 is 0 Å². The molecule has 0 radical (unpaired) electrons. The average Bonchev–Trinajstić information content (AvgIpc) is 3.10. The van der Waals surface area contributed by atoms with Crippen molar-refractivity contribution in [2.45, 2.75) is 44.2 Å². The van der Waals surface area contributed by atoms with Gasteiger partial charge in [-0.15, -0.1) is 24.0 Å². The number of aliphatic imine (C=N–C) groups is 1. The summed E-state index contributed by atoms with van der Waals surface area (Å²) in [6.45, 7) is 2.43. The monoisotopic (exact) mass is 409 g/mol. The average molecular weight is 409 g/mol. The molecule has 0 aromatic rings. The van der Waals surface area contributed by atoms with Gasteiger partial charge in [-0.2, -0.15) is 0 Å². The van der Waals surface area contributed by atoms with Crippen LogP contribution in [0.15, 0.2) is 4.99 Å². The number of fused-ring (bicyclic) bond motifs is 2. The van der Waals surface area contributed by atoms with E-state index in [2.05, 4.69) is 15.6 Å². The van der Waals surface area contributed by atoms with Crippen molar-refractivity contribution in [3.05, 3.63) is 0 Å². The van der Waals surface area contributed by atoms with Crippen molar-refractivity contribution in [1.82, 2.24) is 10.6 Å². The molecule has 122 valence electrons. The van der Waals surface area contributed by atoms with Gasteiger partial charge in [0.15, 0.2) is 5.96 Å². The maximum atomic E-state index is 6.01. The van der Waals surface area contributed by atoms with Gasteiger partial charge in [0.05, 0.1) is 12.7 Å². The van der Waals surface area contributed by atoms with E-state index in [0.717, 1.165) is 19.1 Å². The molecule has 3 fully saturated rings. The van der Waals surface area contributed by atoms with E-state index in [-0.39, 0.29) is 24.0 Å². The molecule has 21 heavy (non-hydrogen) atoms. The van der Waals surface area contributed by atoms with E-state index in [0.29, 0.717) is 30.1 Å². The Kier molecular flexibility index (Phi) is 6.14. The topological polar surface area (TPSA) is 54.9 Å². The number of halogens is 1. The van der Waals surface area contributed by atoms with Crippen molar-refractivity contribution in [3.63, 3.8) is 0 Å². The van der Waals surface area contributed by atoms with Gasteiger partial charge in [0.2, 0.25) is 0 Å². The molecule has 3 rings (SSSR count). The summed E-state index contributed by atoms with van der Waals surface area (Å²) in [5.41, 5.74) is 0.375. The van der Waals surface area contributed by atoms with E-state index >= 15 is 0 Å². The largest absolute Gasteiger partial charge is 0.383 e. The van der Waals surface area contributed by atoms with Crippen molar-refractivity contribution < 1.29 is 9.47 Å². The summed E-state index contributed by atoms with van der Waals surface area (Å²) in [5, 5.41) is 7.00. The van der Waals surface area contributed by atoms with E-state index in [9.17, 15) is 0 Å². The molecular formula is C15H28IN3O2. The van der Waals surface area contributed by atoms with Gasteiger partial charge in [-0.3, -0.25) is 4.99 Å². The summed E-state index contributed by atoms with van der Waals surface area (Å²) in [4.78, 5) is 4.35. The summed E-state index contributed by atoms with van der Waals surface area (Å²) in [7, 11) is 3.56. The minimum atomic E-state index is 0. The Morgan fingerprint density at radius 3 is 2.81 bits per heavy atom. The number of rotatable bonds is 4. The van der Waals surface area contributed by atoms with Crippen molar-refractivity contribution in [3.8, 4) is 0 Å². The molecule has 5 nitrogen and oxygen atoms in total. The third-order valence-corrected chi connectivity index (χ3v) is 5.40. The number of guanidine groups is 1. The minimum absolute atomic E-state index is 0. The van der Waals surface area contributed by atoms with Crippen LogP contribution >= 0.6 is 24.0 Å². The molecule has 0 bridgehead atoms. The lowest BCUT2D eigenvalue weighted by Crippen LogP contribution is -2.69. The molecule has 3 unspecified atom stereocenters. The molecule has 0 amide bonds. The predicted octanol–water partition coefficient (Wildman–Crippen LogP) is 1.76. The zero-order chi connectivity index (χ0) is 14.0. The molecule has 2 N–H and O–H groups in total. The SMILES string of the molecule is CN=C(NCCOC)NC1C2CCOC2C12CCCC2.I. The molecule has 1 spiro atoms. The lowest BCUT2D eigenvalue weighted by Gasteiger charge is -2.57. The Labute approximate surface area is 144 Å². The maximum Gasteiger partial charge on any atom is 0.191 e. The Hall–Kier alpha value is -0.0800. The summed E-state index contributed by atoms with van der Waals surface area (Å²) in [5.74, 6) is 1.58. The van der Waals surface area contributed by atoms with Crippen LogP contribution in [0.2, 0.25) is 0 Å². The van der Waals surface area contributed by atoms with Crippen molar-refractivity contribution in [2.75, 3.05) is 33.9 Å². The first-order chi connectivity index (χ1) is 9.81. The number of methoxy groups -OCH3 is 1. The summed E-state index contributed by atoms with van der Waals surface area (Å²) in [6, 6.07) is 0.534. The molecule has 2 saturated carbocycles. The highest BCUT2D eigenvalue weighted by molar-refractivity contribution is 14.0. The number of hydrogen-bond acceptors (Lipinski definition) is 3. The molecule has 2 aliphatic carbocycles. The van der Waals surface area contributed by atoms with Crippen LogP contribution in [-0.4, -0.2) is 52.0 Å². The van der Waals surface area contributed by atoms with Crippen LogP contribution in [0.1, 0.15) is 32.1 Å². The normalized spacial score (nSPS) is 33.2. The first kappa shape index (κ1) is 17.3. The molecule has 1 heterocycles. The highest BCUT2D eigenvalue weighted by Crippen LogP contribution is 2.60. The molecule has 1 saturated heterocycles. The first-order valence-corrected chi connectivity index (χ1v) is 7.89. The van der Waals surface area contributed by atoms with E-state index in [1.165, 1.54) is 32.1 Å². The standard InChI is InChI=1S/C15H27N3O2.HI/c1-16-14(17-8-10-19-2)18-12-11-5-9-20-13(11)15(12)6-3-4-7-15;/h11-13H,3-10H2,1-2H3,(H2,16,17,18);1H. The van der Waals surface area contributed by atoms with Gasteiger partial charge < -0.3 is 20.1 Å². The number of ether oxygens (including phenoxy) is 2. The molecular weight excluding hydrogens is 381 g/mol. The van der Waals surface area contributed by atoms with E-state index in [4.69, 9.17) is 9.47 Å². The molecule has 0 aromatic heterocycles. The highest BCUT2D eigenvalue weighted by atomic mass is 127. The fourth-order valence-electron chi connectivity index (χ4n) is 4.52. The fourth-order valence-corrected chi connectivity index (χ4v) is 4.52. The molecule has 0 aromatic carbocycles. The summed E-state index contributed by atoms with van der Waals surface area (Å²) in [6.07, 6.45) is 7.00. The second kappa shape index (κ2) is 7.46. The molecule has 6 heteroatoms. The van der Waals surface area contributed by atoms with Gasteiger partial charge in [0.1, 0.15) is 0 Å². The predicted molar refractivity (Wildman–Crippen MR) is 94.3 cm³/mol. The third kappa shape index (κ3) is 3.03. The van der Waals surface area contributed by atoms with Crippen molar-refractivity contribution >= 4 is 29.9 Å². The van der Waals surface area contributed by atoms with Gasteiger partial charge >= 0.3 is 0 Å². The Bertz CT molecular complexity index is 372. The lowest BCUT2D eigenvalue weighted by molar-refractivity contribution is -0.125. The maximum absolute atomic E-state index is 6.01. The summed E-state index contributed by atoms with van der Waals surface area (Å²) < 4.78 is 11.1. The highest BCUT2D eigenvalue weighted by Gasteiger charge is 2.65. The van der Waals surface area contributed by atoms with Gasteiger partial charge in [0.25, 0.3) is 0 Å². The van der Waals surface area contributed by atoms with Crippen LogP contribution in [-0.2, 0) is 9.47 Å². The second-order valence-corrected chi connectivity index (χ2v) is 6.30. The summed E-state index contributed by atoms with van der Waals surface area (Å²) >= 11 is 0. The van der Waals surface area contributed by atoms with Gasteiger partial charge in [-0.1, -0.05) is 12.8 Å². The molecule has 3 atom stereocenters. The Morgan fingerprint density at radius 1 is 1.38 bits per heavy atom. The van der Waals surface area contributed by atoms with Crippen LogP contribution < -0.4 is 10.6 Å². The first-order valence-electron chi connectivity index (χ1n) is 7.89. The third-order valence-electron chi connectivity index (χ3n) is 5.40. The Morgan fingerprint density at radius 2 is 2.14 bits per heavy atom. The van der Waals surface area contributed by atoms with Crippen LogP contribution in [0.5, 0.6) is 0 Å². The second-order valence-electron chi connectivity index (χ2n) is 6.30. The fraction of sp³-hybridized carbons (Fsp3) is 0.933. The molecule has 1 aliphatic heterocycles. The van der Waals surface area contributed by atoms with Gasteiger partial charge in [-0.25, -0.2) is 0 Å². The number of nitrogens with zero attached hydrogens (tertiary/aromatic N) is 1. The van der Waals surface area contributed by atoms with Crippen LogP contribution in [0.25, 0.3) is 0 Å². The smallest absolute Gasteiger partial charge is 0.191 e. The number of nitrogens with one attached hydrogen (secondary N) is 2. The van der Waals surface area contributed by atoms with Gasteiger partial charge in [0, 0.05) is 44.7 Å². The zero-order valence-electron chi connectivity index (χ0n) is 13.1. The van der Waals surface area contributed by atoms with E-state index in [1.807, 2.05) is 7.05 Å². The van der Waals surface area contributed by atoms with Crippen LogP contribution in [0.4, 0.5) is 0 Å². The van der Waals surface area contributed by atoms with Gasteiger partial charge in [-0.05, 0) is 19.3 Å². The van der Waals surface area contributed by atoms with E-state index in [1.54, 1.807) is 7.11 Å². The van der Waals surface area contributed by atoms with Crippen molar-refractivity contribution in [2.24, 2.45) is 16.3 Å². The van der Waals surface area contributed by atoms with Crippen LogP contribution in [0, 0.1) is 11.3 Å². The quantitative estimate of drug-likeness (QED) is 0.322. The minimum Gasteiger partial charge on any atom is -0.383 e.